The lowest BCUT2D eigenvalue weighted by Crippen LogP contribution is -2.23. The predicted molar refractivity (Wildman–Crippen MR) is 71.2 cm³/mol. The van der Waals surface area contributed by atoms with Crippen LogP contribution in [0, 0.1) is 0 Å². The van der Waals surface area contributed by atoms with Crippen LogP contribution in [0.2, 0.25) is 0 Å². The van der Waals surface area contributed by atoms with Crippen LogP contribution in [0.3, 0.4) is 0 Å². The van der Waals surface area contributed by atoms with Crippen molar-refractivity contribution in [3.05, 3.63) is 6.20 Å². The molecule has 2 aromatic heterocycles. The first-order valence-corrected chi connectivity index (χ1v) is 6.46. The zero-order valence-electron chi connectivity index (χ0n) is 10.6. The maximum Gasteiger partial charge on any atom is 0.226 e. The highest BCUT2D eigenvalue weighted by Crippen LogP contribution is 2.23. The summed E-state index contributed by atoms with van der Waals surface area (Å²) in [4.78, 5) is 8.80. The molecule has 0 saturated heterocycles. The zero-order valence-corrected chi connectivity index (χ0v) is 10.6. The Bertz CT molecular complexity index is 555. The Morgan fingerprint density at radius 2 is 2.06 bits per heavy atom. The summed E-state index contributed by atoms with van der Waals surface area (Å²) in [6.45, 7) is 0. The van der Waals surface area contributed by atoms with E-state index in [1.807, 2.05) is 7.05 Å². The Balaban J connectivity index is 1.89. The van der Waals surface area contributed by atoms with Crippen molar-refractivity contribution in [3.8, 4) is 0 Å². The topological polar surface area (TPSA) is 81.7 Å². The lowest BCUT2D eigenvalue weighted by Gasteiger charge is -2.22. The highest BCUT2D eigenvalue weighted by molar-refractivity contribution is 5.86. The van der Waals surface area contributed by atoms with E-state index in [1.165, 1.54) is 32.1 Å². The van der Waals surface area contributed by atoms with Gasteiger partial charge in [-0.05, 0) is 12.8 Å². The number of fused-ring (bicyclic) bond motifs is 1. The summed E-state index contributed by atoms with van der Waals surface area (Å²) in [6.07, 6.45) is 7.97. The second-order valence-corrected chi connectivity index (χ2v) is 4.92. The van der Waals surface area contributed by atoms with Crippen LogP contribution >= 0.6 is 0 Å². The molecule has 0 atom stereocenters. The smallest absolute Gasteiger partial charge is 0.226 e. The fourth-order valence-electron chi connectivity index (χ4n) is 2.54. The highest BCUT2D eigenvalue weighted by atomic mass is 15.3. The number of nitrogens with zero attached hydrogens (tertiary/aromatic N) is 4. The van der Waals surface area contributed by atoms with Crippen molar-refractivity contribution in [1.29, 1.82) is 0 Å². The Hall–Kier alpha value is -1.85. The lowest BCUT2D eigenvalue weighted by molar-refractivity contribution is 0.461. The van der Waals surface area contributed by atoms with Crippen LogP contribution < -0.4 is 11.1 Å². The fourth-order valence-corrected chi connectivity index (χ4v) is 2.54. The first kappa shape index (κ1) is 11.3. The molecule has 0 amide bonds. The predicted octanol–water partition coefficient (Wildman–Crippen LogP) is 1.69. The maximum absolute atomic E-state index is 5.93. The number of nitrogens with two attached hydrogens (primary N) is 1. The summed E-state index contributed by atoms with van der Waals surface area (Å²) >= 11 is 0. The second-order valence-electron chi connectivity index (χ2n) is 4.92. The van der Waals surface area contributed by atoms with Crippen molar-refractivity contribution >= 4 is 22.8 Å². The average molecular weight is 246 g/mol. The molecule has 18 heavy (non-hydrogen) atoms. The first-order valence-electron chi connectivity index (χ1n) is 6.46. The Kier molecular flexibility index (Phi) is 2.77. The van der Waals surface area contributed by atoms with Gasteiger partial charge < -0.3 is 11.1 Å². The standard InChI is InChI=1S/C12H18N6/c1-18-11-9(7-14-18)10(13)16-12(17-11)15-8-5-3-2-4-6-8/h7-8H,2-6H2,1H3,(H3,13,15,16,17). The third-order valence-electron chi connectivity index (χ3n) is 3.56. The SMILES string of the molecule is Cn1ncc2c(N)nc(NC3CCCCC3)nc21. The molecule has 0 radical (unpaired) electrons. The molecule has 0 aliphatic heterocycles. The Labute approximate surface area is 106 Å². The molecule has 3 N–H and O–H groups in total. The Morgan fingerprint density at radius 3 is 2.83 bits per heavy atom. The van der Waals surface area contributed by atoms with Crippen molar-refractivity contribution < 1.29 is 0 Å². The van der Waals surface area contributed by atoms with Gasteiger partial charge in [-0.3, -0.25) is 4.68 Å². The summed E-state index contributed by atoms with van der Waals surface area (Å²) in [7, 11) is 1.86. The normalized spacial score (nSPS) is 17.2. The van der Waals surface area contributed by atoms with Crippen LogP contribution in [-0.4, -0.2) is 25.8 Å². The van der Waals surface area contributed by atoms with Crippen LogP contribution in [0.15, 0.2) is 6.20 Å². The lowest BCUT2D eigenvalue weighted by atomic mass is 9.96. The number of nitrogen functional groups attached to an aromatic ring is 1. The minimum absolute atomic E-state index is 0.476. The molecule has 2 heterocycles. The van der Waals surface area contributed by atoms with Crippen LogP contribution in [-0.2, 0) is 7.05 Å². The Morgan fingerprint density at radius 1 is 1.28 bits per heavy atom. The highest BCUT2D eigenvalue weighted by Gasteiger charge is 2.15. The van der Waals surface area contributed by atoms with Gasteiger partial charge in [0.05, 0.1) is 11.6 Å². The van der Waals surface area contributed by atoms with E-state index < -0.39 is 0 Å². The average Bonchev–Trinajstić information content (AvgIpc) is 2.73. The van der Waals surface area contributed by atoms with Gasteiger partial charge in [0.1, 0.15) is 5.82 Å². The van der Waals surface area contributed by atoms with Crippen LogP contribution in [0.25, 0.3) is 11.0 Å². The van der Waals surface area contributed by atoms with Gasteiger partial charge >= 0.3 is 0 Å². The molecule has 1 aliphatic rings. The summed E-state index contributed by atoms with van der Waals surface area (Å²) in [5, 5.41) is 8.35. The molecule has 2 aromatic rings. The van der Waals surface area contributed by atoms with E-state index in [-0.39, 0.29) is 0 Å². The molecule has 6 heteroatoms. The van der Waals surface area contributed by atoms with Crippen molar-refractivity contribution in [2.45, 2.75) is 38.1 Å². The van der Waals surface area contributed by atoms with Crippen molar-refractivity contribution in [1.82, 2.24) is 19.7 Å². The number of hydrogen-bond acceptors (Lipinski definition) is 5. The van der Waals surface area contributed by atoms with E-state index in [4.69, 9.17) is 5.73 Å². The molecule has 0 spiro atoms. The van der Waals surface area contributed by atoms with E-state index >= 15 is 0 Å². The minimum Gasteiger partial charge on any atom is -0.383 e. The van der Waals surface area contributed by atoms with Gasteiger partial charge in [-0.25, -0.2) is 0 Å². The van der Waals surface area contributed by atoms with Crippen molar-refractivity contribution in [3.63, 3.8) is 0 Å². The third-order valence-corrected chi connectivity index (χ3v) is 3.56. The van der Waals surface area contributed by atoms with Crippen molar-refractivity contribution in [2.24, 2.45) is 7.05 Å². The molecule has 3 rings (SSSR count). The van der Waals surface area contributed by atoms with E-state index in [0.29, 0.717) is 17.8 Å². The molecule has 96 valence electrons. The number of anilines is 2. The molecule has 1 fully saturated rings. The number of rotatable bonds is 2. The van der Waals surface area contributed by atoms with Gasteiger partial charge in [0.2, 0.25) is 5.95 Å². The molecule has 0 unspecified atom stereocenters. The summed E-state index contributed by atoms with van der Waals surface area (Å²) in [5.74, 6) is 1.11. The number of nitrogens with one attached hydrogen (secondary N) is 1. The maximum atomic E-state index is 5.93. The molecule has 0 aromatic carbocycles. The molecule has 6 nitrogen and oxygen atoms in total. The van der Waals surface area contributed by atoms with Crippen LogP contribution in [0.4, 0.5) is 11.8 Å². The minimum atomic E-state index is 0.476. The molecule has 1 aliphatic carbocycles. The van der Waals surface area contributed by atoms with Gasteiger partial charge in [-0.15, -0.1) is 0 Å². The fraction of sp³-hybridized carbons (Fsp3) is 0.583. The van der Waals surface area contributed by atoms with E-state index in [0.717, 1.165) is 11.0 Å². The van der Waals surface area contributed by atoms with Crippen LogP contribution in [0.5, 0.6) is 0 Å². The molecule has 1 saturated carbocycles. The first-order chi connectivity index (χ1) is 8.74. The summed E-state index contributed by atoms with van der Waals surface area (Å²) in [6, 6.07) is 0.476. The number of hydrogen-bond donors (Lipinski definition) is 2. The van der Waals surface area contributed by atoms with Crippen molar-refractivity contribution in [2.75, 3.05) is 11.1 Å². The van der Waals surface area contributed by atoms with Crippen LogP contribution in [0.1, 0.15) is 32.1 Å². The largest absolute Gasteiger partial charge is 0.383 e. The number of aromatic nitrogens is 4. The monoisotopic (exact) mass is 246 g/mol. The third kappa shape index (κ3) is 1.98. The van der Waals surface area contributed by atoms with E-state index in [9.17, 15) is 0 Å². The summed E-state index contributed by atoms with van der Waals surface area (Å²) in [5.41, 5.74) is 6.71. The van der Waals surface area contributed by atoms with E-state index in [2.05, 4.69) is 20.4 Å². The van der Waals surface area contributed by atoms with Gasteiger partial charge in [0.25, 0.3) is 0 Å². The second kappa shape index (κ2) is 4.44. The summed E-state index contributed by atoms with van der Waals surface area (Å²) < 4.78 is 1.72. The molecular weight excluding hydrogens is 228 g/mol. The number of aryl methyl sites for hydroxylation is 1. The van der Waals surface area contributed by atoms with E-state index in [1.54, 1.807) is 10.9 Å². The quantitative estimate of drug-likeness (QED) is 0.842. The van der Waals surface area contributed by atoms with Gasteiger partial charge in [-0.2, -0.15) is 15.1 Å². The van der Waals surface area contributed by atoms with Gasteiger partial charge in [0, 0.05) is 13.1 Å². The van der Waals surface area contributed by atoms with Gasteiger partial charge in [-0.1, -0.05) is 19.3 Å². The van der Waals surface area contributed by atoms with Gasteiger partial charge in [0.15, 0.2) is 5.65 Å². The molecular formula is C12H18N6. The molecule has 0 bridgehead atoms. The zero-order chi connectivity index (χ0) is 12.5.